The Balaban J connectivity index is 1.79. The summed E-state index contributed by atoms with van der Waals surface area (Å²) in [6.07, 6.45) is 4.69. The van der Waals surface area contributed by atoms with E-state index in [2.05, 4.69) is 10.2 Å². The number of urea groups is 1. The van der Waals surface area contributed by atoms with Crippen LogP contribution in [-0.4, -0.2) is 66.7 Å². The van der Waals surface area contributed by atoms with Gasteiger partial charge in [0, 0.05) is 25.7 Å². The first-order valence-electron chi connectivity index (χ1n) is 7.91. The minimum Gasteiger partial charge on any atom is -0.481 e. The lowest BCUT2D eigenvalue weighted by Crippen LogP contribution is -2.44. The average Bonchev–Trinajstić information content (AvgIpc) is 2.95. The van der Waals surface area contributed by atoms with Crippen LogP contribution in [0, 0.1) is 11.8 Å². The van der Waals surface area contributed by atoms with E-state index in [0.717, 1.165) is 45.2 Å². The predicted octanol–water partition coefficient (Wildman–Crippen LogP) is 1.22. The molecule has 0 radical (unpaired) electrons. The number of nitrogens with zero attached hydrogens (tertiary/aromatic N) is 2. The molecule has 2 aliphatic rings. The van der Waals surface area contributed by atoms with E-state index in [4.69, 9.17) is 0 Å². The van der Waals surface area contributed by atoms with Gasteiger partial charge in [-0.05, 0) is 39.3 Å². The first-order valence-corrected chi connectivity index (χ1v) is 7.91. The number of carbonyl (C=O) groups is 2. The molecule has 2 N–H and O–H groups in total. The standard InChI is InChI=1S/C15H27N3O3/c1-17(2)12-7-8-18(10-12)15(21)16-9-11-5-3-4-6-13(11)14(19)20/h11-13H,3-10H2,1-2H3,(H,16,21)(H,19,20). The Morgan fingerprint density at radius 1 is 1.24 bits per heavy atom. The Labute approximate surface area is 126 Å². The van der Waals surface area contributed by atoms with Crippen molar-refractivity contribution in [2.45, 2.75) is 38.1 Å². The van der Waals surface area contributed by atoms with Crippen molar-refractivity contribution in [1.29, 1.82) is 0 Å². The number of aliphatic carboxylic acids is 1. The maximum absolute atomic E-state index is 12.2. The summed E-state index contributed by atoms with van der Waals surface area (Å²) < 4.78 is 0. The van der Waals surface area contributed by atoms with Crippen LogP contribution in [0.2, 0.25) is 0 Å². The number of rotatable bonds is 4. The van der Waals surface area contributed by atoms with Crippen molar-refractivity contribution >= 4 is 12.0 Å². The largest absolute Gasteiger partial charge is 0.481 e. The molecule has 1 aliphatic carbocycles. The fraction of sp³-hybridized carbons (Fsp3) is 0.867. The second-order valence-corrected chi connectivity index (χ2v) is 6.53. The van der Waals surface area contributed by atoms with Crippen LogP contribution in [0.5, 0.6) is 0 Å². The number of likely N-dealkylation sites (N-methyl/N-ethyl adjacent to an activating group) is 1. The van der Waals surface area contributed by atoms with Crippen LogP contribution in [0.3, 0.4) is 0 Å². The van der Waals surface area contributed by atoms with Crippen molar-refractivity contribution < 1.29 is 14.7 Å². The molecule has 1 saturated carbocycles. The van der Waals surface area contributed by atoms with E-state index in [1.807, 2.05) is 19.0 Å². The number of nitrogens with one attached hydrogen (secondary N) is 1. The summed E-state index contributed by atoms with van der Waals surface area (Å²) in [4.78, 5) is 27.4. The van der Waals surface area contributed by atoms with E-state index >= 15 is 0 Å². The van der Waals surface area contributed by atoms with Gasteiger partial charge in [0.05, 0.1) is 5.92 Å². The number of hydrogen-bond acceptors (Lipinski definition) is 3. The van der Waals surface area contributed by atoms with E-state index in [9.17, 15) is 14.7 Å². The van der Waals surface area contributed by atoms with Crippen molar-refractivity contribution in [2.24, 2.45) is 11.8 Å². The minimum atomic E-state index is -0.720. The molecule has 1 heterocycles. The van der Waals surface area contributed by atoms with E-state index in [0.29, 0.717) is 12.6 Å². The van der Waals surface area contributed by atoms with Gasteiger partial charge in [-0.1, -0.05) is 12.8 Å². The van der Waals surface area contributed by atoms with Crippen molar-refractivity contribution in [1.82, 2.24) is 15.1 Å². The van der Waals surface area contributed by atoms with Crippen LogP contribution >= 0.6 is 0 Å². The molecule has 120 valence electrons. The summed E-state index contributed by atoms with van der Waals surface area (Å²) in [6, 6.07) is 0.381. The second-order valence-electron chi connectivity index (χ2n) is 6.53. The van der Waals surface area contributed by atoms with Gasteiger partial charge in [-0.2, -0.15) is 0 Å². The molecule has 2 fully saturated rings. The third-order valence-electron chi connectivity index (χ3n) is 4.92. The van der Waals surface area contributed by atoms with Gasteiger partial charge in [-0.3, -0.25) is 4.79 Å². The Morgan fingerprint density at radius 2 is 1.95 bits per heavy atom. The zero-order valence-electron chi connectivity index (χ0n) is 13.0. The second kappa shape index (κ2) is 7.11. The third kappa shape index (κ3) is 4.09. The number of amides is 2. The summed E-state index contributed by atoms with van der Waals surface area (Å²) in [5, 5.41) is 12.2. The van der Waals surface area contributed by atoms with Crippen molar-refractivity contribution in [3.63, 3.8) is 0 Å². The zero-order valence-corrected chi connectivity index (χ0v) is 13.0. The molecule has 2 amide bonds. The zero-order chi connectivity index (χ0) is 15.4. The number of carbonyl (C=O) groups excluding carboxylic acids is 1. The maximum atomic E-state index is 12.2. The molecule has 6 heteroatoms. The quantitative estimate of drug-likeness (QED) is 0.818. The van der Waals surface area contributed by atoms with E-state index in [-0.39, 0.29) is 17.9 Å². The van der Waals surface area contributed by atoms with Crippen LogP contribution in [-0.2, 0) is 4.79 Å². The smallest absolute Gasteiger partial charge is 0.317 e. The number of hydrogen-bond donors (Lipinski definition) is 2. The van der Waals surface area contributed by atoms with Gasteiger partial charge in [0.15, 0.2) is 0 Å². The summed E-state index contributed by atoms with van der Waals surface area (Å²) in [6.45, 7) is 2.02. The Bertz CT molecular complexity index is 386. The van der Waals surface area contributed by atoms with Crippen LogP contribution in [0.4, 0.5) is 4.79 Å². The number of carboxylic acid groups (broad SMARTS) is 1. The highest BCUT2D eigenvalue weighted by atomic mass is 16.4. The molecule has 0 aromatic rings. The first kappa shape index (κ1) is 16.1. The lowest BCUT2D eigenvalue weighted by Gasteiger charge is -2.29. The average molecular weight is 297 g/mol. The Kier molecular flexibility index (Phi) is 5.45. The normalized spacial score (nSPS) is 29.7. The predicted molar refractivity (Wildman–Crippen MR) is 80.1 cm³/mol. The van der Waals surface area contributed by atoms with Gasteiger partial charge in [-0.25, -0.2) is 4.79 Å². The Morgan fingerprint density at radius 3 is 2.57 bits per heavy atom. The monoisotopic (exact) mass is 297 g/mol. The number of likely N-dealkylation sites (tertiary alicyclic amines) is 1. The van der Waals surface area contributed by atoms with Crippen molar-refractivity contribution in [3.8, 4) is 0 Å². The molecule has 0 aromatic heterocycles. The van der Waals surface area contributed by atoms with Crippen LogP contribution in [0.25, 0.3) is 0 Å². The molecule has 1 aliphatic heterocycles. The fourth-order valence-corrected chi connectivity index (χ4v) is 3.46. The molecule has 0 spiro atoms. The minimum absolute atomic E-state index is 0.0472. The molecule has 3 atom stereocenters. The molecule has 1 saturated heterocycles. The molecule has 2 rings (SSSR count). The fourth-order valence-electron chi connectivity index (χ4n) is 3.46. The Hall–Kier alpha value is -1.30. The summed E-state index contributed by atoms with van der Waals surface area (Å²) in [7, 11) is 4.07. The van der Waals surface area contributed by atoms with Crippen LogP contribution in [0.1, 0.15) is 32.1 Å². The van der Waals surface area contributed by atoms with Gasteiger partial charge >= 0.3 is 12.0 Å². The van der Waals surface area contributed by atoms with Gasteiger partial charge < -0.3 is 20.2 Å². The number of carboxylic acids is 1. The van der Waals surface area contributed by atoms with Crippen LogP contribution < -0.4 is 5.32 Å². The molecular formula is C15H27N3O3. The summed E-state index contributed by atoms with van der Waals surface area (Å²) >= 11 is 0. The van der Waals surface area contributed by atoms with Gasteiger partial charge in [0.2, 0.25) is 0 Å². The SMILES string of the molecule is CN(C)C1CCN(C(=O)NCC2CCCCC2C(=O)O)C1. The highest BCUT2D eigenvalue weighted by Crippen LogP contribution is 2.29. The molecule has 21 heavy (non-hydrogen) atoms. The molecule has 3 unspecified atom stereocenters. The molecule has 0 aromatic carbocycles. The van der Waals surface area contributed by atoms with Gasteiger partial charge in [0.25, 0.3) is 0 Å². The summed E-state index contributed by atoms with van der Waals surface area (Å²) in [5.41, 5.74) is 0. The first-order chi connectivity index (χ1) is 9.99. The maximum Gasteiger partial charge on any atom is 0.317 e. The van der Waals surface area contributed by atoms with Crippen molar-refractivity contribution in [3.05, 3.63) is 0 Å². The molecule has 6 nitrogen and oxygen atoms in total. The summed E-state index contributed by atoms with van der Waals surface area (Å²) in [5.74, 6) is -0.942. The van der Waals surface area contributed by atoms with Crippen LogP contribution in [0.15, 0.2) is 0 Å². The lowest BCUT2D eigenvalue weighted by molar-refractivity contribution is -0.144. The van der Waals surface area contributed by atoms with E-state index in [1.165, 1.54) is 0 Å². The lowest BCUT2D eigenvalue weighted by atomic mass is 9.79. The van der Waals surface area contributed by atoms with Gasteiger partial charge in [0.1, 0.15) is 0 Å². The molecular weight excluding hydrogens is 270 g/mol. The topological polar surface area (TPSA) is 72.9 Å². The van der Waals surface area contributed by atoms with Gasteiger partial charge in [-0.15, -0.1) is 0 Å². The third-order valence-corrected chi connectivity index (χ3v) is 4.92. The van der Waals surface area contributed by atoms with E-state index in [1.54, 1.807) is 0 Å². The highest BCUT2D eigenvalue weighted by Gasteiger charge is 2.32. The highest BCUT2D eigenvalue weighted by molar-refractivity contribution is 5.75. The van der Waals surface area contributed by atoms with E-state index < -0.39 is 5.97 Å². The van der Waals surface area contributed by atoms with Crippen molar-refractivity contribution in [2.75, 3.05) is 33.7 Å². The molecule has 0 bridgehead atoms.